The first kappa shape index (κ1) is 22.4. The van der Waals surface area contributed by atoms with Crippen LogP contribution in [0.2, 0.25) is 0 Å². The van der Waals surface area contributed by atoms with Gasteiger partial charge in [-0.15, -0.1) is 11.8 Å². The van der Waals surface area contributed by atoms with E-state index >= 15 is 0 Å². The molecular weight excluding hydrogens is 449 g/mol. The molecule has 0 spiro atoms. The van der Waals surface area contributed by atoms with E-state index in [1.165, 1.54) is 0 Å². The molecule has 1 N–H and O–H groups in total. The smallest absolute Gasteiger partial charge is 0.352 e. The number of nitro groups is 1. The summed E-state index contributed by atoms with van der Waals surface area (Å²) in [4.78, 5) is 20.4. The number of halogens is 3. The van der Waals surface area contributed by atoms with Gasteiger partial charge in [0, 0.05) is 12.1 Å². The number of carbonyl (C=O) groups is 1. The van der Waals surface area contributed by atoms with Crippen LogP contribution in [0.25, 0.3) is 0 Å². The summed E-state index contributed by atoms with van der Waals surface area (Å²) in [6.45, 7) is 0. The Morgan fingerprint density at radius 3 is 2.50 bits per heavy atom. The van der Waals surface area contributed by atoms with Crippen molar-refractivity contribution in [1.82, 2.24) is 5.32 Å². The molecule has 0 aliphatic carbocycles. The molecule has 1 aromatic rings. The average molecular weight is 462 g/mol. The van der Waals surface area contributed by atoms with Crippen molar-refractivity contribution < 1.29 is 39.7 Å². The number of carbonyl (C=O) groups excluding carboxylic acids is 1. The number of sulfone groups is 2. The van der Waals surface area contributed by atoms with Gasteiger partial charge in [-0.3, -0.25) is 14.9 Å². The second-order valence-electron chi connectivity index (χ2n) is 5.79. The highest BCUT2D eigenvalue weighted by Gasteiger charge is 2.47. The number of nitrogens with zero attached hydrogens (tertiary/aromatic N) is 1. The molecular formula is C13H13F3N2O7S3. The molecule has 0 unspecified atom stereocenters. The van der Waals surface area contributed by atoms with E-state index in [0.717, 1.165) is 6.07 Å². The van der Waals surface area contributed by atoms with Crippen molar-refractivity contribution in [2.24, 2.45) is 0 Å². The number of nitrogens with one attached hydrogen (secondary N) is 1. The van der Waals surface area contributed by atoms with Gasteiger partial charge in [0.1, 0.15) is 0 Å². The van der Waals surface area contributed by atoms with E-state index in [1.54, 1.807) is 0 Å². The predicted octanol–water partition coefficient (Wildman–Crippen LogP) is 1.28. The molecule has 1 fully saturated rings. The zero-order chi connectivity index (χ0) is 21.3. The molecule has 1 heterocycles. The van der Waals surface area contributed by atoms with Crippen molar-refractivity contribution in [3.05, 3.63) is 28.3 Å². The van der Waals surface area contributed by atoms with Crippen LogP contribution in [0.15, 0.2) is 28.0 Å². The average Bonchev–Trinajstić information content (AvgIpc) is 2.90. The Labute approximate surface area is 161 Å². The van der Waals surface area contributed by atoms with Crippen LogP contribution < -0.4 is 5.32 Å². The first-order chi connectivity index (χ1) is 12.7. The third-order valence-corrected chi connectivity index (χ3v) is 8.01. The molecule has 1 aromatic carbocycles. The molecule has 1 amide bonds. The summed E-state index contributed by atoms with van der Waals surface area (Å²) < 4.78 is 83.2. The molecule has 156 valence electrons. The van der Waals surface area contributed by atoms with E-state index in [4.69, 9.17) is 0 Å². The van der Waals surface area contributed by atoms with Gasteiger partial charge in [0.2, 0.25) is 5.91 Å². The van der Waals surface area contributed by atoms with Crippen LogP contribution in [-0.2, 0) is 24.5 Å². The lowest BCUT2D eigenvalue weighted by atomic mass is 10.3. The van der Waals surface area contributed by atoms with Crippen LogP contribution in [0.5, 0.6) is 0 Å². The summed E-state index contributed by atoms with van der Waals surface area (Å²) >= 11 is 0.614. The summed E-state index contributed by atoms with van der Waals surface area (Å²) in [6, 6.07) is 1.09. The van der Waals surface area contributed by atoms with Crippen LogP contribution in [-0.4, -0.2) is 56.5 Å². The molecule has 1 atom stereocenters. The Morgan fingerprint density at radius 1 is 1.36 bits per heavy atom. The van der Waals surface area contributed by atoms with Crippen molar-refractivity contribution >= 4 is 43.0 Å². The van der Waals surface area contributed by atoms with Crippen LogP contribution in [0.3, 0.4) is 0 Å². The number of nitro benzene ring substituents is 1. The van der Waals surface area contributed by atoms with E-state index in [2.05, 4.69) is 5.32 Å². The minimum absolute atomic E-state index is 0.0638. The van der Waals surface area contributed by atoms with E-state index in [9.17, 15) is 44.9 Å². The third kappa shape index (κ3) is 5.14. The predicted molar refractivity (Wildman–Crippen MR) is 92.3 cm³/mol. The van der Waals surface area contributed by atoms with Gasteiger partial charge in [0.25, 0.3) is 15.5 Å². The molecule has 9 nitrogen and oxygen atoms in total. The van der Waals surface area contributed by atoms with Crippen molar-refractivity contribution in [3.63, 3.8) is 0 Å². The fraction of sp³-hybridized carbons (Fsp3) is 0.462. The number of thioether (sulfide) groups is 1. The Hall–Kier alpha value is -1.87. The maximum absolute atomic E-state index is 12.6. The fourth-order valence-electron chi connectivity index (χ4n) is 2.38. The summed E-state index contributed by atoms with van der Waals surface area (Å²) in [5.74, 6) is -1.27. The lowest BCUT2D eigenvalue weighted by Crippen LogP contribution is -2.36. The van der Waals surface area contributed by atoms with E-state index in [0.29, 0.717) is 17.8 Å². The molecule has 15 heteroatoms. The van der Waals surface area contributed by atoms with Crippen molar-refractivity contribution in [1.29, 1.82) is 0 Å². The maximum atomic E-state index is 12.6. The topological polar surface area (TPSA) is 141 Å². The Bertz CT molecular complexity index is 1010. The van der Waals surface area contributed by atoms with Crippen molar-refractivity contribution in [2.45, 2.75) is 27.8 Å². The quantitative estimate of drug-likeness (QED) is 0.379. The Balaban J connectivity index is 2.13. The Morgan fingerprint density at radius 2 is 2.00 bits per heavy atom. The zero-order valence-electron chi connectivity index (χ0n) is 13.8. The maximum Gasteiger partial charge on any atom is 0.501 e. The minimum atomic E-state index is -5.76. The largest absolute Gasteiger partial charge is 0.501 e. The van der Waals surface area contributed by atoms with E-state index < -0.39 is 52.6 Å². The number of alkyl halides is 3. The zero-order valence-corrected chi connectivity index (χ0v) is 16.3. The molecule has 1 aliphatic heterocycles. The molecule has 0 bridgehead atoms. The second kappa shape index (κ2) is 7.87. The number of rotatable bonds is 6. The highest BCUT2D eigenvalue weighted by molar-refractivity contribution is 8.00. The fourth-order valence-corrected chi connectivity index (χ4v) is 5.65. The van der Waals surface area contributed by atoms with Gasteiger partial charge >= 0.3 is 5.51 Å². The number of amides is 1. The van der Waals surface area contributed by atoms with Crippen LogP contribution in [0.1, 0.15) is 6.42 Å². The van der Waals surface area contributed by atoms with Gasteiger partial charge in [0.15, 0.2) is 9.84 Å². The van der Waals surface area contributed by atoms with Gasteiger partial charge in [0.05, 0.1) is 32.0 Å². The van der Waals surface area contributed by atoms with Gasteiger partial charge in [-0.25, -0.2) is 16.8 Å². The van der Waals surface area contributed by atoms with Crippen molar-refractivity contribution in [2.75, 3.05) is 17.3 Å². The van der Waals surface area contributed by atoms with Gasteiger partial charge in [-0.2, -0.15) is 13.2 Å². The van der Waals surface area contributed by atoms with Crippen molar-refractivity contribution in [3.8, 4) is 0 Å². The standard InChI is InChI=1S/C13H13F3N2O7S3/c14-13(15,16)28(24,25)9-1-2-11(10(5-9)18(20)21)26-6-12(19)17-8-3-4-27(22,23)7-8/h1-2,5,8H,3-4,6-7H2,(H,17,19)/t8-/m0/s1. The number of benzene rings is 1. The summed E-state index contributed by atoms with van der Waals surface area (Å²) in [6.07, 6.45) is 0.239. The van der Waals surface area contributed by atoms with Crippen LogP contribution in [0.4, 0.5) is 18.9 Å². The molecule has 1 saturated heterocycles. The number of hydrogen-bond acceptors (Lipinski definition) is 8. The first-order valence-electron chi connectivity index (χ1n) is 7.45. The summed E-state index contributed by atoms with van der Waals surface area (Å²) in [7, 11) is -8.97. The van der Waals surface area contributed by atoms with Gasteiger partial charge in [-0.05, 0) is 18.6 Å². The highest BCUT2D eigenvalue weighted by atomic mass is 32.2. The first-order valence-corrected chi connectivity index (χ1v) is 11.7. The van der Waals surface area contributed by atoms with Crippen LogP contribution >= 0.6 is 11.8 Å². The summed E-state index contributed by atoms with van der Waals surface area (Å²) in [5.41, 5.74) is -6.51. The molecule has 0 saturated carbocycles. The van der Waals surface area contributed by atoms with E-state index in [-0.39, 0.29) is 34.6 Å². The lowest BCUT2D eigenvalue weighted by Gasteiger charge is -2.11. The Kier molecular flexibility index (Phi) is 6.30. The third-order valence-electron chi connectivity index (χ3n) is 3.70. The highest BCUT2D eigenvalue weighted by Crippen LogP contribution is 2.36. The lowest BCUT2D eigenvalue weighted by molar-refractivity contribution is -0.388. The van der Waals surface area contributed by atoms with Gasteiger partial charge in [-0.1, -0.05) is 0 Å². The number of hydrogen-bond donors (Lipinski definition) is 1. The molecule has 0 aromatic heterocycles. The normalized spacial score (nSPS) is 19.3. The second-order valence-corrected chi connectivity index (χ2v) is 11.0. The van der Waals surface area contributed by atoms with Gasteiger partial charge < -0.3 is 5.32 Å². The van der Waals surface area contributed by atoms with E-state index in [1.807, 2.05) is 0 Å². The molecule has 28 heavy (non-hydrogen) atoms. The summed E-state index contributed by atoms with van der Waals surface area (Å²) in [5, 5.41) is 13.5. The van der Waals surface area contributed by atoms with Crippen LogP contribution in [0, 0.1) is 10.1 Å². The SMILES string of the molecule is O=C(CSc1ccc(S(=O)(=O)C(F)(F)F)cc1[N+](=O)[O-])N[C@H]1CCS(=O)(=O)C1. The minimum Gasteiger partial charge on any atom is -0.352 e. The molecule has 1 aliphatic rings. The monoisotopic (exact) mass is 462 g/mol. The molecule has 2 rings (SSSR count). The molecule has 0 radical (unpaired) electrons.